The van der Waals surface area contributed by atoms with Crippen LogP contribution >= 0.6 is 0 Å². The van der Waals surface area contributed by atoms with Gasteiger partial charge in [-0.2, -0.15) is 5.10 Å². The van der Waals surface area contributed by atoms with E-state index in [0.717, 1.165) is 25.2 Å². The molecular weight excluding hydrogens is 234 g/mol. The number of nitrogens with zero attached hydrogens (tertiary/aromatic N) is 2. The summed E-state index contributed by atoms with van der Waals surface area (Å²) in [5, 5.41) is 8.06. The van der Waals surface area contributed by atoms with Gasteiger partial charge in [-0.1, -0.05) is 39.0 Å². The van der Waals surface area contributed by atoms with Crippen molar-refractivity contribution in [2.75, 3.05) is 6.54 Å². The van der Waals surface area contributed by atoms with Crippen LogP contribution in [0.3, 0.4) is 0 Å². The zero-order valence-electron chi connectivity index (χ0n) is 12.1. The maximum Gasteiger partial charge on any atom is 0.0766 e. The normalized spacial score (nSPS) is 11.2. The van der Waals surface area contributed by atoms with E-state index >= 15 is 0 Å². The first kappa shape index (κ1) is 13.8. The molecule has 1 heterocycles. The second-order valence-corrected chi connectivity index (χ2v) is 5.26. The molecule has 0 atom stereocenters. The molecule has 19 heavy (non-hydrogen) atoms. The molecule has 0 aliphatic carbocycles. The molecule has 102 valence electrons. The van der Waals surface area contributed by atoms with Crippen molar-refractivity contribution in [1.82, 2.24) is 15.1 Å². The maximum atomic E-state index is 4.64. The van der Waals surface area contributed by atoms with Gasteiger partial charge in [0.1, 0.15) is 0 Å². The summed E-state index contributed by atoms with van der Waals surface area (Å²) in [5.74, 6) is 0.669. The Balaban J connectivity index is 2.08. The molecule has 0 aliphatic heterocycles. The van der Waals surface area contributed by atoms with Crippen LogP contribution in [-0.4, -0.2) is 16.3 Å². The van der Waals surface area contributed by atoms with Gasteiger partial charge in [0.2, 0.25) is 0 Å². The van der Waals surface area contributed by atoms with Crippen molar-refractivity contribution in [2.45, 2.75) is 33.7 Å². The Morgan fingerprint density at radius 3 is 2.74 bits per heavy atom. The van der Waals surface area contributed by atoms with Crippen molar-refractivity contribution < 1.29 is 0 Å². The Kier molecular flexibility index (Phi) is 4.74. The van der Waals surface area contributed by atoms with E-state index in [1.165, 1.54) is 11.3 Å². The monoisotopic (exact) mass is 257 g/mol. The lowest BCUT2D eigenvalue weighted by molar-refractivity contribution is 0.546. The molecule has 0 bridgehead atoms. The second kappa shape index (κ2) is 6.53. The van der Waals surface area contributed by atoms with Crippen LogP contribution in [0.4, 0.5) is 0 Å². The molecule has 0 unspecified atom stereocenters. The van der Waals surface area contributed by atoms with Crippen LogP contribution in [0.15, 0.2) is 36.5 Å². The summed E-state index contributed by atoms with van der Waals surface area (Å²) in [5.41, 5.74) is 3.60. The number of rotatable bonds is 6. The van der Waals surface area contributed by atoms with Crippen molar-refractivity contribution in [1.29, 1.82) is 0 Å². The first-order valence-electron chi connectivity index (χ1n) is 7.04. The topological polar surface area (TPSA) is 29.9 Å². The van der Waals surface area contributed by atoms with Gasteiger partial charge in [0.25, 0.3) is 0 Å². The average molecular weight is 257 g/mol. The minimum atomic E-state index is 0.669. The van der Waals surface area contributed by atoms with E-state index in [4.69, 9.17) is 0 Å². The Hall–Kier alpha value is -1.61. The predicted molar refractivity (Wildman–Crippen MR) is 79.5 cm³/mol. The first-order valence-corrected chi connectivity index (χ1v) is 7.04. The van der Waals surface area contributed by atoms with Crippen molar-refractivity contribution in [3.63, 3.8) is 0 Å². The third kappa shape index (κ3) is 3.67. The Morgan fingerprint density at radius 2 is 2.00 bits per heavy atom. The fraction of sp³-hybridized carbons (Fsp3) is 0.438. The molecule has 1 aromatic heterocycles. The summed E-state index contributed by atoms with van der Waals surface area (Å²) < 4.78 is 1.98. The number of hydrogen-bond acceptors (Lipinski definition) is 2. The highest BCUT2D eigenvalue weighted by Crippen LogP contribution is 2.14. The highest BCUT2D eigenvalue weighted by Gasteiger charge is 2.05. The van der Waals surface area contributed by atoms with Gasteiger partial charge in [0, 0.05) is 12.7 Å². The van der Waals surface area contributed by atoms with Gasteiger partial charge in [0.15, 0.2) is 0 Å². The summed E-state index contributed by atoms with van der Waals surface area (Å²) in [4.78, 5) is 0. The minimum Gasteiger partial charge on any atom is -0.311 e. The van der Waals surface area contributed by atoms with Gasteiger partial charge in [-0.15, -0.1) is 0 Å². The van der Waals surface area contributed by atoms with Crippen LogP contribution in [0.2, 0.25) is 0 Å². The highest BCUT2D eigenvalue weighted by molar-refractivity contribution is 5.40. The zero-order chi connectivity index (χ0) is 13.7. The Labute approximate surface area is 115 Å². The number of aryl methyl sites for hydroxylation is 1. The first-order chi connectivity index (χ1) is 9.20. The van der Waals surface area contributed by atoms with Gasteiger partial charge >= 0.3 is 0 Å². The SMILES string of the molecule is CCc1ccccc1-n1ccc(CNCC(C)C)n1. The third-order valence-corrected chi connectivity index (χ3v) is 3.12. The molecule has 0 fully saturated rings. The van der Waals surface area contributed by atoms with E-state index in [0.29, 0.717) is 5.92 Å². The summed E-state index contributed by atoms with van der Waals surface area (Å²) in [6.07, 6.45) is 3.07. The molecule has 2 rings (SSSR count). The molecule has 0 radical (unpaired) electrons. The lowest BCUT2D eigenvalue weighted by Gasteiger charge is -2.07. The van der Waals surface area contributed by atoms with Gasteiger partial charge < -0.3 is 5.32 Å². The maximum absolute atomic E-state index is 4.64. The van der Waals surface area contributed by atoms with Crippen molar-refractivity contribution in [2.24, 2.45) is 5.92 Å². The van der Waals surface area contributed by atoms with Crippen LogP contribution < -0.4 is 5.32 Å². The quantitative estimate of drug-likeness (QED) is 0.861. The van der Waals surface area contributed by atoms with Crippen LogP contribution in [0.25, 0.3) is 5.69 Å². The van der Waals surface area contributed by atoms with Crippen LogP contribution in [0, 0.1) is 5.92 Å². The van der Waals surface area contributed by atoms with E-state index in [2.05, 4.69) is 61.5 Å². The summed E-state index contributed by atoms with van der Waals surface area (Å²) >= 11 is 0. The molecule has 0 saturated carbocycles. The van der Waals surface area contributed by atoms with Gasteiger partial charge in [-0.05, 0) is 36.6 Å². The number of aromatic nitrogens is 2. The molecule has 2 aromatic rings. The van der Waals surface area contributed by atoms with Crippen LogP contribution in [0.5, 0.6) is 0 Å². The fourth-order valence-corrected chi connectivity index (χ4v) is 2.11. The van der Waals surface area contributed by atoms with Crippen LogP contribution in [-0.2, 0) is 13.0 Å². The molecule has 0 spiro atoms. The van der Waals surface area contributed by atoms with E-state index in [-0.39, 0.29) is 0 Å². The fourth-order valence-electron chi connectivity index (χ4n) is 2.11. The minimum absolute atomic E-state index is 0.669. The van der Waals surface area contributed by atoms with Crippen molar-refractivity contribution in [3.05, 3.63) is 47.8 Å². The highest BCUT2D eigenvalue weighted by atomic mass is 15.3. The van der Waals surface area contributed by atoms with E-state index in [1.807, 2.05) is 10.9 Å². The van der Waals surface area contributed by atoms with Crippen molar-refractivity contribution >= 4 is 0 Å². The van der Waals surface area contributed by atoms with E-state index in [9.17, 15) is 0 Å². The van der Waals surface area contributed by atoms with Crippen LogP contribution in [0.1, 0.15) is 32.0 Å². The molecule has 1 aromatic carbocycles. The van der Waals surface area contributed by atoms with E-state index < -0.39 is 0 Å². The molecule has 0 saturated heterocycles. The largest absolute Gasteiger partial charge is 0.311 e. The third-order valence-electron chi connectivity index (χ3n) is 3.12. The number of para-hydroxylation sites is 1. The standard InChI is InChI=1S/C16H23N3/c1-4-14-7-5-6-8-16(14)19-10-9-15(18-19)12-17-11-13(2)3/h5-10,13,17H,4,11-12H2,1-3H3. The van der Waals surface area contributed by atoms with Gasteiger partial charge in [-0.25, -0.2) is 4.68 Å². The number of benzene rings is 1. The van der Waals surface area contributed by atoms with Gasteiger partial charge in [0.05, 0.1) is 11.4 Å². The average Bonchev–Trinajstić information content (AvgIpc) is 2.87. The zero-order valence-corrected chi connectivity index (χ0v) is 12.1. The molecule has 3 nitrogen and oxygen atoms in total. The Morgan fingerprint density at radius 1 is 1.21 bits per heavy atom. The molecule has 1 N–H and O–H groups in total. The van der Waals surface area contributed by atoms with Crippen molar-refractivity contribution in [3.8, 4) is 5.69 Å². The summed E-state index contributed by atoms with van der Waals surface area (Å²) in [6.45, 7) is 8.46. The molecular formula is C16H23N3. The Bertz CT molecular complexity index is 514. The predicted octanol–water partition coefficient (Wildman–Crippen LogP) is 3.18. The second-order valence-electron chi connectivity index (χ2n) is 5.26. The lowest BCUT2D eigenvalue weighted by atomic mass is 10.1. The molecule has 0 amide bonds. The summed E-state index contributed by atoms with van der Waals surface area (Å²) in [6, 6.07) is 10.5. The molecule has 3 heteroatoms. The van der Waals surface area contributed by atoms with Gasteiger partial charge in [-0.3, -0.25) is 0 Å². The lowest BCUT2D eigenvalue weighted by Crippen LogP contribution is -2.19. The number of hydrogen-bond donors (Lipinski definition) is 1. The number of nitrogens with one attached hydrogen (secondary N) is 1. The smallest absolute Gasteiger partial charge is 0.0766 e. The summed E-state index contributed by atoms with van der Waals surface area (Å²) in [7, 11) is 0. The van der Waals surface area contributed by atoms with E-state index in [1.54, 1.807) is 0 Å². The molecule has 0 aliphatic rings.